The number of imide groups is 1. The highest BCUT2D eigenvalue weighted by Crippen LogP contribution is 2.27. The minimum absolute atomic E-state index is 0.115. The lowest BCUT2D eigenvalue weighted by molar-refractivity contribution is -0.123. The summed E-state index contributed by atoms with van der Waals surface area (Å²) in [6, 6.07) is 9.62. The van der Waals surface area contributed by atoms with Crippen LogP contribution in [0.15, 0.2) is 47.2 Å². The molecule has 0 bridgehead atoms. The average molecular weight is 417 g/mol. The molecule has 0 saturated carbocycles. The van der Waals surface area contributed by atoms with Crippen LogP contribution >= 0.6 is 22.7 Å². The summed E-state index contributed by atoms with van der Waals surface area (Å²) in [4.78, 5) is 40.7. The fourth-order valence-corrected chi connectivity index (χ4v) is 3.69. The normalized spacial score (nSPS) is 10.2. The van der Waals surface area contributed by atoms with Crippen LogP contribution < -0.4 is 15.4 Å². The summed E-state index contributed by atoms with van der Waals surface area (Å²) >= 11 is 2.82. The molecule has 0 aliphatic carbocycles. The molecule has 144 valence electrons. The van der Waals surface area contributed by atoms with Crippen LogP contribution in [-0.2, 0) is 9.53 Å². The third kappa shape index (κ3) is 5.15. The van der Waals surface area contributed by atoms with Crippen LogP contribution in [0.5, 0.6) is 5.75 Å². The number of rotatable bonds is 6. The molecule has 0 unspecified atom stereocenters. The molecule has 3 rings (SSSR count). The van der Waals surface area contributed by atoms with E-state index in [4.69, 9.17) is 9.47 Å². The third-order valence-corrected chi connectivity index (χ3v) is 5.26. The maximum absolute atomic E-state index is 12.0. The average Bonchev–Trinajstić information content (AvgIpc) is 3.38. The standard InChI is InChI=1S/C18H15N3O5S2/c1-25-12-6-4-11(5-7-12)19-18(24)21-15(22)9-26-17(23)13-10-28-16(20-13)14-3-2-8-27-14/h2-8,10H,9H2,1H3,(H2,19,21,22,24). The summed E-state index contributed by atoms with van der Waals surface area (Å²) in [6.45, 7) is -0.597. The van der Waals surface area contributed by atoms with Crippen molar-refractivity contribution < 1.29 is 23.9 Å². The SMILES string of the molecule is COc1ccc(NC(=O)NC(=O)COC(=O)c2csc(-c3cccs3)n2)cc1. The number of ether oxygens (including phenoxy) is 2. The van der Waals surface area contributed by atoms with E-state index in [2.05, 4.69) is 15.6 Å². The number of hydrogen-bond acceptors (Lipinski definition) is 8. The summed E-state index contributed by atoms with van der Waals surface area (Å²) in [5.41, 5.74) is 0.593. The lowest BCUT2D eigenvalue weighted by Crippen LogP contribution is -2.37. The van der Waals surface area contributed by atoms with Gasteiger partial charge in [-0.25, -0.2) is 14.6 Å². The first-order chi connectivity index (χ1) is 13.5. The Morgan fingerprint density at radius 1 is 1.11 bits per heavy atom. The molecule has 2 heterocycles. The molecule has 0 aliphatic heterocycles. The molecular formula is C18H15N3O5S2. The van der Waals surface area contributed by atoms with Gasteiger partial charge in [0.1, 0.15) is 10.8 Å². The molecule has 8 nitrogen and oxygen atoms in total. The second-order valence-corrected chi connectivity index (χ2v) is 7.13. The van der Waals surface area contributed by atoms with Crippen molar-refractivity contribution in [3.05, 3.63) is 52.9 Å². The van der Waals surface area contributed by atoms with E-state index >= 15 is 0 Å². The molecule has 0 aliphatic rings. The van der Waals surface area contributed by atoms with E-state index < -0.39 is 24.5 Å². The van der Waals surface area contributed by atoms with Gasteiger partial charge in [0.2, 0.25) is 0 Å². The molecule has 0 atom stereocenters. The Morgan fingerprint density at radius 3 is 2.57 bits per heavy atom. The van der Waals surface area contributed by atoms with Crippen molar-refractivity contribution in [1.82, 2.24) is 10.3 Å². The van der Waals surface area contributed by atoms with E-state index in [0.29, 0.717) is 16.4 Å². The number of esters is 1. The number of benzene rings is 1. The number of hydrogen-bond donors (Lipinski definition) is 2. The number of carbonyl (C=O) groups excluding carboxylic acids is 3. The van der Waals surface area contributed by atoms with Crippen LogP contribution in [0.2, 0.25) is 0 Å². The Balaban J connectivity index is 1.45. The highest BCUT2D eigenvalue weighted by Gasteiger charge is 2.16. The Kier molecular flexibility index (Phi) is 6.35. The fraction of sp³-hybridized carbons (Fsp3) is 0.111. The summed E-state index contributed by atoms with van der Waals surface area (Å²) in [5, 5.41) is 8.74. The Bertz CT molecular complexity index is 968. The largest absolute Gasteiger partial charge is 0.497 e. The third-order valence-electron chi connectivity index (χ3n) is 3.38. The monoisotopic (exact) mass is 417 g/mol. The van der Waals surface area contributed by atoms with Gasteiger partial charge in [-0.05, 0) is 35.7 Å². The number of thiophene rings is 1. The lowest BCUT2D eigenvalue weighted by atomic mass is 10.3. The second kappa shape index (κ2) is 9.11. The molecule has 1 aromatic carbocycles. The molecule has 3 aromatic rings. The van der Waals surface area contributed by atoms with Gasteiger partial charge in [-0.3, -0.25) is 10.1 Å². The number of aromatic nitrogens is 1. The van der Waals surface area contributed by atoms with Crippen molar-refractivity contribution in [3.63, 3.8) is 0 Å². The molecule has 28 heavy (non-hydrogen) atoms. The smallest absolute Gasteiger partial charge is 0.358 e. The van der Waals surface area contributed by atoms with Crippen molar-refractivity contribution in [2.75, 3.05) is 19.0 Å². The zero-order chi connectivity index (χ0) is 19.9. The van der Waals surface area contributed by atoms with Crippen LogP contribution in [0.1, 0.15) is 10.5 Å². The first-order valence-electron chi connectivity index (χ1n) is 7.96. The number of methoxy groups -OCH3 is 1. The maximum atomic E-state index is 12.0. The van der Waals surface area contributed by atoms with Crippen molar-refractivity contribution in [1.29, 1.82) is 0 Å². The predicted molar refractivity (Wildman–Crippen MR) is 106 cm³/mol. The van der Waals surface area contributed by atoms with Gasteiger partial charge >= 0.3 is 12.0 Å². The summed E-state index contributed by atoms with van der Waals surface area (Å²) in [5.74, 6) is -0.851. The van der Waals surface area contributed by atoms with Gasteiger partial charge in [-0.15, -0.1) is 22.7 Å². The van der Waals surface area contributed by atoms with Gasteiger partial charge in [-0.2, -0.15) is 0 Å². The van der Waals surface area contributed by atoms with Crippen molar-refractivity contribution in [2.45, 2.75) is 0 Å². The Hall–Kier alpha value is -3.24. The topological polar surface area (TPSA) is 107 Å². The Morgan fingerprint density at radius 2 is 1.89 bits per heavy atom. The van der Waals surface area contributed by atoms with E-state index in [0.717, 1.165) is 4.88 Å². The second-order valence-electron chi connectivity index (χ2n) is 5.32. The van der Waals surface area contributed by atoms with Crippen LogP contribution in [0.3, 0.4) is 0 Å². The van der Waals surface area contributed by atoms with Gasteiger partial charge in [0.05, 0.1) is 12.0 Å². The molecule has 0 spiro atoms. The minimum Gasteiger partial charge on any atom is -0.497 e. The fourth-order valence-electron chi connectivity index (χ4n) is 2.09. The highest BCUT2D eigenvalue weighted by atomic mass is 32.1. The lowest BCUT2D eigenvalue weighted by Gasteiger charge is -2.07. The number of nitrogens with one attached hydrogen (secondary N) is 2. The first-order valence-corrected chi connectivity index (χ1v) is 9.72. The van der Waals surface area contributed by atoms with Gasteiger partial charge in [0.15, 0.2) is 12.3 Å². The molecule has 2 N–H and O–H groups in total. The number of thiazole rings is 1. The summed E-state index contributed by atoms with van der Waals surface area (Å²) in [7, 11) is 1.53. The Labute approximate surface area is 168 Å². The zero-order valence-electron chi connectivity index (χ0n) is 14.6. The van der Waals surface area contributed by atoms with Gasteiger partial charge in [-0.1, -0.05) is 6.07 Å². The molecule has 2 aromatic heterocycles. The number of anilines is 1. The van der Waals surface area contributed by atoms with E-state index in [1.807, 2.05) is 17.5 Å². The number of urea groups is 1. The molecule has 0 radical (unpaired) electrons. The van der Waals surface area contributed by atoms with Gasteiger partial charge in [0, 0.05) is 11.1 Å². The maximum Gasteiger partial charge on any atom is 0.358 e. The van der Waals surface area contributed by atoms with Gasteiger partial charge < -0.3 is 14.8 Å². The quantitative estimate of drug-likeness (QED) is 0.596. The zero-order valence-corrected chi connectivity index (χ0v) is 16.3. The van der Waals surface area contributed by atoms with Crippen molar-refractivity contribution >= 4 is 46.3 Å². The number of carbonyl (C=O) groups is 3. The predicted octanol–water partition coefficient (Wildman–Crippen LogP) is 3.39. The van der Waals surface area contributed by atoms with E-state index in [1.165, 1.54) is 29.8 Å². The highest BCUT2D eigenvalue weighted by molar-refractivity contribution is 7.20. The molecule has 10 heteroatoms. The van der Waals surface area contributed by atoms with Crippen LogP contribution in [0.4, 0.5) is 10.5 Å². The molecular weight excluding hydrogens is 402 g/mol. The van der Waals surface area contributed by atoms with E-state index in [-0.39, 0.29) is 5.69 Å². The summed E-state index contributed by atoms with van der Waals surface area (Å²) in [6.07, 6.45) is 0. The van der Waals surface area contributed by atoms with Gasteiger partial charge in [0.25, 0.3) is 5.91 Å². The van der Waals surface area contributed by atoms with Crippen molar-refractivity contribution in [2.24, 2.45) is 0 Å². The molecule has 3 amide bonds. The van der Waals surface area contributed by atoms with E-state index in [9.17, 15) is 14.4 Å². The van der Waals surface area contributed by atoms with Crippen LogP contribution in [0.25, 0.3) is 9.88 Å². The first kappa shape index (κ1) is 19.5. The minimum atomic E-state index is -0.756. The van der Waals surface area contributed by atoms with E-state index in [1.54, 1.807) is 29.6 Å². The summed E-state index contributed by atoms with van der Waals surface area (Å²) < 4.78 is 9.92. The van der Waals surface area contributed by atoms with Crippen LogP contribution in [0, 0.1) is 0 Å². The number of amides is 3. The molecule has 0 fully saturated rings. The van der Waals surface area contributed by atoms with Crippen LogP contribution in [-0.4, -0.2) is 36.6 Å². The van der Waals surface area contributed by atoms with Crippen molar-refractivity contribution in [3.8, 4) is 15.6 Å². The molecule has 0 saturated heterocycles. The number of nitrogens with zero attached hydrogens (tertiary/aromatic N) is 1.